The van der Waals surface area contributed by atoms with Gasteiger partial charge in [0.05, 0.1) is 26.5 Å². The van der Waals surface area contributed by atoms with Gasteiger partial charge in [-0.15, -0.1) is 0 Å². The number of hydrogen-bond donors (Lipinski definition) is 2. The summed E-state index contributed by atoms with van der Waals surface area (Å²) in [4.78, 5) is 38.0. The number of ether oxygens (including phenoxy) is 4. The molecule has 4 aromatic carbocycles. The van der Waals surface area contributed by atoms with Gasteiger partial charge in [-0.3, -0.25) is 9.59 Å². The van der Waals surface area contributed by atoms with E-state index in [1.807, 2.05) is 13.8 Å². The second kappa shape index (κ2) is 16.5. The van der Waals surface area contributed by atoms with Crippen molar-refractivity contribution in [2.45, 2.75) is 13.8 Å². The lowest BCUT2D eigenvalue weighted by Crippen LogP contribution is -2.18. The van der Waals surface area contributed by atoms with Gasteiger partial charge in [0.1, 0.15) is 0 Å². The van der Waals surface area contributed by atoms with Crippen molar-refractivity contribution in [1.29, 1.82) is 0 Å². The third-order valence-corrected chi connectivity index (χ3v) is 6.50. The van der Waals surface area contributed by atoms with Crippen LogP contribution in [0.3, 0.4) is 0 Å². The zero-order valence-electron chi connectivity index (χ0n) is 25.4. The molecule has 0 saturated heterocycles. The van der Waals surface area contributed by atoms with Crippen molar-refractivity contribution in [2.75, 3.05) is 25.6 Å². The highest BCUT2D eigenvalue weighted by molar-refractivity contribution is 6.30. The van der Waals surface area contributed by atoms with Gasteiger partial charge in [-0.25, -0.2) is 10.2 Å². The highest BCUT2D eigenvalue weighted by Crippen LogP contribution is 2.29. The maximum absolute atomic E-state index is 12.9. The summed E-state index contributed by atoms with van der Waals surface area (Å²) in [6, 6.07) is 23.2. The van der Waals surface area contributed by atoms with Gasteiger partial charge in [0.25, 0.3) is 11.8 Å². The van der Waals surface area contributed by atoms with Crippen LogP contribution in [0.2, 0.25) is 5.02 Å². The fourth-order valence-corrected chi connectivity index (χ4v) is 4.22. The Bertz CT molecular complexity index is 1750. The number of rotatable bonds is 13. The normalized spacial score (nSPS) is 10.9. The molecule has 0 fully saturated rings. The van der Waals surface area contributed by atoms with E-state index in [2.05, 4.69) is 15.8 Å². The fourth-order valence-electron chi connectivity index (χ4n) is 4.09. The van der Waals surface area contributed by atoms with Crippen LogP contribution < -0.4 is 29.7 Å². The van der Waals surface area contributed by atoms with Crippen LogP contribution in [0.5, 0.6) is 23.0 Å². The summed E-state index contributed by atoms with van der Waals surface area (Å²) in [5.41, 5.74) is 4.91. The first kappa shape index (κ1) is 33.3. The molecule has 0 atom stereocenters. The van der Waals surface area contributed by atoms with E-state index in [1.54, 1.807) is 84.9 Å². The zero-order valence-corrected chi connectivity index (χ0v) is 26.2. The summed E-state index contributed by atoms with van der Waals surface area (Å²) in [5, 5.41) is 7.41. The predicted molar refractivity (Wildman–Crippen MR) is 177 cm³/mol. The summed E-state index contributed by atoms with van der Waals surface area (Å²) in [6.45, 7) is 4.60. The molecule has 4 aromatic rings. The molecule has 0 spiro atoms. The van der Waals surface area contributed by atoms with Crippen molar-refractivity contribution in [3.63, 3.8) is 0 Å². The van der Waals surface area contributed by atoms with Crippen LogP contribution in [-0.2, 0) is 4.79 Å². The average Bonchev–Trinajstić information content (AvgIpc) is 3.06. The number of hydrogen-bond acceptors (Lipinski definition) is 8. The summed E-state index contributed by atoms with van der Waals surface area (Å²) in [7, 11) is 1.44. The lowest BCUT2D eigenvalue weighted by molar-refractivity contribution is -0.129. The molecule has 46 heavy (non-hydrogen) atoms. The zero-order chi connectivity index (χ0) is 32.9. The van der Waals surface area contributed by atoms with Gasteiger partial charge in [-0.1, -0.05) is 29.8 Å². The van der Waals surface area contributed by atoms with Crippen LogP contribution in [0.4, 0.5) is 5.69 Å². The molecular formula is C35H32ClN3O7. The number of benzene rings is 4. The van der Waals surface area contributed by atoms with E-state index in [9.17, 15) is 14.4 Å². The number of esters is 1. The van der Waals surface area contributed by atoms with Crippen LogP contribution in [0.15, 0.2) is 96.1 Å². The molecule has 11 heteroatoms. The van der Waals surface area contributed by atoms with Crippen molar-refractivity contribution < 1.29 is 33.3 Å². The summed E-state index contributed by atoms with van der Waals surface area (Å²) in [6.07, 6.45) is 4.32. The molecule has 0 aromatic heterocycles. The Morgan fingerprint density at radius 3 is 2.20 bits per heavy atom. The molecule has 0 bridgehead atoms. The number of carbonyl (C=O) groups excluding carboxylic acids is 3. The van der Waals surface area contributed by atoms with E-state index in [0.29, 0.717) is 52.3 Å². The van der Waals surface area contributed by atoms with E-state index < -0.39 is 11.9 Å². The van der Waals surface area contributed by atoms with E-state index >= 15 is 0 Å². The molecule has 0 unspecified atom stereocenters. The number of methoxy groups -OCH3 is 1. The summed E-state index contributed by atoms with van der Waals surface area (Å²) < 4.78 is 21.9. The third kappa shape index (κ3) is 9.44. The minimum atomic E-state index is -0.588. The predicted octanol–water partition coefficient (Wildman–Crippen LogP) is 6.78. The highest BCUT2D eigenvalue weighted by atomic mass is 35.5. The number of nitrogens with one attached hydrogen (secondary N) is 2. The molecular weight excluding hydrogens is 610 g/mol. The Hall–Kier alpha value is -5.61. The first-order chi connectivity index (χ1) is 22.3. The molecule has 236 valence electrons. The van der Waals surface area contributed by atoms with Gasteiger partial charge in [0.2, 0.25) is 0 Å². The average molecular weight is 642 g/mol. The molecule has 0 heterocycles. The number of nitrogens with zero attached hydrogens (tertiary/aromatic N) is 1. The molecule has 0 saturated carbocycles. The highest BCUT2D eigenvalue weighted by Gasteiger charge is 2.14. The first-order valence-electron chi connectivity index (χ1n) is 14.3. The molecule has 10 nitrogen and oxygen atoms in total. The standard InChI is InChI=1S/C35H32ClN3O7/c1-4-44-29-17-13-26(21-32(29)45-5-2)34(41)38-28-8-6-7-25(20-28)35(42)39-37-22-24-11-16-30(31(19-24)43-3)46-33(40)18-12-23-9-14-27(36)15-10-23/h6-22H,4-5H2,1-3H3,(H,38,41)(H,39,42)/b18-12+,37-22?. The van der Waals surface area contributed by atoms with Crippen LogP contribution in [0.1, 0.15) is 45.7 Å². The van der Waals surface area contributed by atoms with Crippen molar-refractivity contribution >= 4 is 47.4 Å². The molecule has 2 amide bonds. The van der Waals surface area contributed by atoms with Gasteiger partial charge in [-0.05, 0) is 97.8 Å². The minimum Gasteiger partial charge on any atom is -0.493 e. The van der Waals surface area contributed by atoms with E-state index in [0.717, 1.165) is 5.56 Å². The quantitative estimate of drug-likeness (QED) is 0.0542. The SMILES string of the molecule is CCOc1ccc(C(=O)Nc2cccc(C(=O)NN=Cc3ccc(OC(=O)/C=C/c4ccc(Cl)cc4)c(OC)c3)c2)cc1OCC. The number of carbonyl (C=O) groups is 3. The monoisotopic (exact) mass is 641 g/mol. The number of amides is 2. The topological polar surface area (TPSA) is 125 Å². The summed E-state index contributed by atoms with van der Waals surface area (Å²) in [5.74, 6) is 0.0862. The van der Waals surface area contributed by atoms with Gasteiger partial charge in [-0.2, -0.15) is 5.10 Å². The van der Waals surface area contributed by atoms with Crippen LogP contribution >= 0.6 is 11.6 Å². The Morgan fingerprint density at radius 1 is 0.761 bits per heavy atom. The van der Waals surface area contributed by atoms with Crippen LogP contribution in [0, 0.1) is 0 Å². The lowest BCUT2D eigenvalue weighted by Gasteiger charge is -2.12. The second-order valence-corrected chi connectivity index (χ2v) is 9.91. The van der Waals surface area contributed by atoms with Crippen molar-refractivity contribution in [1.82, 2.24) is 5.43 Å². The Labute approximate surface area is 271 Å². The van der Waals surface area contributed by atoms with Crippen molar-refractivity contribution in [3.05, 3.63) is 118 Å². The Morgan fingerprint density at radius 2 is 1.46 bits per heavy atom. The van der Waals surface area contributed by atoms with Gasteiger partial charge >= 0.3 is 5.97 Å². The summed E-state index contributed by atoms with van der Waals surface area (Å²) >= 11 is 5.88. The first-order valence-corrected chi connectivity index (χ1v) is 14.6. The molecule has 0 radical (unpaired) electrons. The molecule has 2 N–H and O–H groups in total. The van der Waals surface area contributed by atoms with Gasteiger partial charge in [0, 0.05) is 27.9 Å². The van der Waals surface area contributed by atoms with Crippen molar-refractivity contribution in [2.24, 2.45) is 5.10 Å². The molecule has 0 aliphatic rings. The van der Waals surface area contributed by atoms with Gasteiger partial charge < -0.3 is 24.3 Å². The molecule has 4 rings (SSSR count). The maximum atomic E-state index is 12.9. The van der Waals surface area contributed by atoms with E-state index in [4.69, 9.17) is 30.5 Å². The number of halogens is 1. The molecule has 0 aliphatic carbocycles. The van der Waals surface area contributed by atoms with E-state index in [1.165, 1.54) is 25.5 Å². The van der Waals surface area contributed by atoms with Gasteiger partial charge in [0.15, 0.2) is 23.0 Å². The number of hydrazone groups is 1. The fraction of sp³-hybridized carbons (Fsp3) is 0.143. The Kier molecular flexibility index (Phi) is 11.9. The Balaban J connectivity index is 1.35. The number of anilines is 1. The largest absolute Gasteiger partial charge is 0.493 e. The molecule has 0 aliphatic heterocycles. The van der Waals surface area contributed by atoms with Crippen LogP contribution in [0.25, 0.3) is 6.08 Å². The van der Waals surface area contributed by atoms with Crippen molar-refractivity contribution in [3.8, 4) is 23.0 Å². The minimum absolute atomic E-state index is 0.215. The third-order valence-electron chi connectivity index (χ3n) is 6.25. The lowest BCUT2D eigenvalue weighted by atomic mass is 10.1. The maximum Gasteiger partial charge on any atom is 0.336 e. The smallest absolute Gasteiger partial charge is 0.336 e. The van der Waals surface area contributed by atoms with E-state index in [-0.39, 0.29) is 17.2 Å². The van der Waals surface area contributed by atoms with Crippen LogP contribution in [-0.4, -0.2) is 44.3 Å². The second-order valence-electron chi connectivity index (χ2n) is 9.48.